The first-order valence-corrected chi connectivity index (χ1v) is 11.4. The highest BCUT2D eigenvalue weighted by Gasteiger charge is 2.34. The lowest BCUT2D eigenvalue weighted by Gasteiger charge is -2.38. The van der Waals surface area contributed by atoms with Crippen molar-refractivity contribution >= 4 is 11.2 Å². The number of nitrogens with two attached hydrogens (primary N) is 1. The van der Waals surface area contributed by atoms with Gasteiger partial charge >= 0.3 is 0 Å². The first-order chi connectivity index (χ1) is 16.7. The van der Waals surface area contributed by atoms with Crippen LogP contribution < -0.4 is 5.73 Å². The Balaban J connectivity index is 1.58. The van der Waals surface area contributed by atoms with Gasteiger partial charge in [0, 0.05) is 22.4 Å². The van der Waals surface area contributed by atoms with Gasteiger partial charge in [-0.05, 0) is 49.1 Å². The Morgan fingerprint density at radius 3 is 2.32 bits per heavy atom. The molecule has 3 aromatic carbocycles. The Morgan fingerprint density at radius 1 is 0.882 bits per heavy atom. The van der Waals surface area contributed by atoms with Crippen molar-refractivity contribution in [3.8, 4) is 34.5 Å². The number of nitriles is 1. The van der Waals surface area contributed by atoms with Crippen LogP contribution in [0.2, 0.25) is 0 Å². The fourth-order valence-corrected chi connectivity index (χ4v) is 4.59. The van der Waals surface area contributed by atoms with E-state index in [0.717, 1.165) is 35.2 Å². The van der Waals surface area contributed by atoms with E-state index in [1.54, 1.807) is 12.3 Å². The Morgan fingerprint density at radius 2 is 1.62 bits per heavy atom. The molecule has 0 bridgehead atoms. The molecule has 2 heterocycles. The quantitative estimate of drug-likeness (QED) is 0.404. The molecule has 0 atom stereocenters. The van der Waals surface area contributed by atoms with E-state index in [-0.39, 0.29) is 5.54 Å². The van der Waals surface area contributed by atoms with Gasteiger partial charge in [0.05, 0.1) is 17.8 Å². The first-order valence-electron chi connectivity index (χ1n) is 11.4. The van der Waals surface area contributed by atoms with Crippen LogP contribution in [0.1, 0.15) is 30.4 Å². The van der Waals surface area contributed by atoms with Gasteiger partial charge in [-0.3, -0.25) is 4.57 Å². The molecule has 6 rings (SSSR count). The Labute approximate surface area is 197 Å². The number of aromatic nitrogens is 4. The molecule has 0 amide bonds. The standard InChI is InChI=1S/C28H22N6/c29-17-20-9-4-5-10-23(20)26-32-24-18-31-25(19-7-2-1-3-8-19)33-27(24)34(26)22-13-11-21(12-14-22)28(30)15-6-16-28/h1-5,7-14,18H,6,15-16,30H2. The maximum absolute atomic E-state index is 9.74. The van der Waals surface area contributed by atoms with Crippen molar-refractivity contribution in [3.05, 3.63) is 96.2 Å². The predicted molar refractivity (Wildman–Crippen MR) is 132 cm³/mol. The fraction of sp³-hybridized carbons (Fsp3) is 0.143. The van der Waals surface area contributed by atoms with Gasteiger partial charge in [-0.2, -0.15) is 5.26 Å². The molecule has 0 aliphatic heterocycles. The average molecular weight is 443 g/mol. The maximum Gasteiger partial charge on any atom is 0.169 e. The van der Waals surface area contributed by atoms with Crippen LogP contribution in [0.3, 0.4) is 0 Å². The summed E-state index contributed by atoms with van der Waals surface area (Å²) >= 11 is 0. The number of hydrogen-bond donors (Lipinski definition) is 1. The monoisotopic (exact) mass is 442 g/mol. The third kappa shape index (κ3) is 3.26. The van der Waals surface area contributed by atoms with Crippen LogP contribution in [0.25, 0.3) is 39.6 Å². The minimum atomic E-state index is -0.228. The Bertz CT molecular complexity index is 1540. The fourth-order valence-electron chi connectivity index (χ4n) is 4.59. The summed E-state index contributed by atoms with van der Waals surface area (Å²) in [5.41, 5.74) is 12.0. The van der Waals surface area contributed by atoms with E-state index in [0.29, 0.717) is 28.4 Å². The van der Waals surface area contributed by atoms with Crippen LogP contribution >= 0.6 is 0 Å². The van der Waals surface area contributed by atoms with Crippen LogP contribution in [0.4, 0.5) is 0 Å². The van der Waals surface area contributed by atoms with E-state index in [1.165, 1.54) is 6.42 Å². The molecule has 0 spiro atoms. The van der Waals surface area contributed by atoms with Crippen molar-refractivity contribution in [3.63, 3.8) is 0 Å². The number of nitrogens with zero attached hydrogens (tertiary/aromatic N) is 5. The molecule has 2 N–H and O–H groups in total. The smallest absolute Gasteiger partial charge is 0.169 e. The lowest BCUT2D eigenvalue weighted by Crippen LogP contribution is -2.43. The first kappa shape index (κ1) is 20.3. The maximum atomic E-state index is 9.74. The van der Waals surface area contributed by atoms with Gasteiger partial charge in [-0.1, -0.05) is 54.6 Å². The van der Waals surface area contributed by atoms with Crippen LogP contribution in [0.15, 0.2) is 85.1 Å². The molecular formula is C28H22N6. The molecule has 0 unspecified atom stereocenters. The van der Waals surface area contributed by atoms with Crippen molar-refractivity contribution in [2.45, 2.75) is 24.8 Å². The van der Waals surface area contributed by atoms with Crippen molar-refractivity contribution in [2.75, 3.05) is 0 Å². The lowest BCUT2D eigenvalue weighted by atomic mass is 9.73. The lowest BCUT2D eigenvalue weighted by molar-refractivity contribution is 0.253. The third-order valence-corrected chi connectivity index (χ3v) is 6.67. The van der Waals surface area contributed by atoms with Crippen molar-refractivity contribution < 1.29 is 0 Å². The number of rotatable bonds is 4. The van der Waals surface area contributed by atoms with Gasteiger partial charge < -0.3 is 5.73 Å². The van der Waals surface area contributed by atoms with Gasteiger partial charge in [-0.25, -0.2) is 15.0 Å². The highest BCUT2D eigenvalue weighted by molar-refractivity contribution is 5.82. The van der Waals surface area contributed by atoms with E-state index < -0.39 is 0 Å². The molecule has 2 aromatic heterocycles. The zero-order chi connectivity index (χ0) is 23.1. The van der Waals surface area contributed by atoms with Crippen LogP contribution in [0, 0.1) is 11.3 Å². The van der Waals surface area contributed by atoms with Crippen LogP contribution in [0.5, 0.6) is 0 Å². The third-order valence-electron chi connectivity index (χ3n) is 6.67. The van der Waals surface area contributed by atoms with Crippen LogP contribution in [-0.4, -0.2) is 19.5 Å². The molecule has 6 heteroatoms. The largest absolute Gasteiger partial charge is 0.321 e. The van der Waals surface area contributed by atoms with E-state index in [4.69, 9.17) is 15.7 Å². The summed E-state index contributed by atoms with van der Waals surface area (Å²) in [5.74, 6) is 1.28. The Hall–Kier alpha value is -4.34. The number of benzene rings is 3. The van der Waals surface area contributed by atoms with Gasteiger partial charge in [-0.15, -0.1) is 0 Å². The summed E-state index contributed by atoms with van der Waals surface area (Å²) < 4.78 is 2.01. The summed E-state index contributed by atoms with van der Waals surface area (Å²) in [4.78, 5) is 14.3. The molecular weight excluding hydrogens is 420 g/mol. The SMILES string of the molecule is N#Cc1ccccc1-c1nc2cnc(-c3ccccc3)nc2n1-c1ccc(C2(N)CCC2)cc1. The minimum absolute atomic E-state index is 0.228. The zero-order valence-corrected chi connectivity index (χ0v) is 18.5. The molecule has 1 saturated carbocycles. The average Bonchev–Trinajstić information content (AvgIpc) is 3.26. The summed E-state index contributed by atoms with van der Waals surface area (Å²) in [5, 5.41) is 9.74. The van der Waals surface area contributed by atoms with E-state index in [9.17, 15) is 5.26 Å². The van der Waals surface area contributed by atoms with Gasteiger partial charge in [0.1, 0.15) is 11.3 Å². The molecule has 1 aliphatic rings. The highest BCUT2D eigenvalue weighted by Crippen LogP contribution is 2.39. The number of hydrogen-bond acceptors (Lipinski definition) is 5. The van der Waals surface area contributed by atoms with Crippen molar-refractivity contribution in [1.29, 1.82) is 5.26 Å². The van der Waals surface area contributed by atoms with E-state index >= 15 is 0 Å². The summed E-state index contributed by atoms with van der Waals surface area (Å²) in [6.07, 6.45) is 4.93. The predicted octanol–water partition coefficient (Wildman–Crippen LogP) is 5.36. The molecule has 0 saturated heterocycles. The topological polar surface area (TPSA) is 93.4 Å². The van der Waals surface area contributed by atoms with Gasteiger partial charge in [0.15, 0.2) is 11.5 Å². The molecule has 5 aromatic rings. The zero-order valence-electron chi connectivity index (χ0n) is 18.5. The minimum Gasteiger partial charge on any atom is -0.321 e. The second kappa shape index (κ2) is 7.91. The van der Waals surface area contributed by atoms with E-state index in [1.807, 2.05) is 53.1 Å². The normalized spacial score (nSPS) is 14.5. The van der Waals surface area contributed by atoms with Gasteiger partial charge in [0.25, 0.3) is 0 Å². The van der Waals surface area contributed by atoms with Gasteiger partial charge in [0.2, 0.25) is 0 Å². The van der Waals surface area contributed by atoms with Crippen LogP contribution in [-0.2, 0) is 5.54 Å². The second-order valence-corrected chi connectivity index (χ2v) is 8.75. The molecule has 1 fully saturated rings. The highest BCUT2D eigenvalue weighted by atomic mass is 15.2. The Kier molecular flexibility index (Phi) is 4.72. The summed E-state index contributed by atoms with van der Waals surface area (Å²) in [7, 11) is 0. The summed E-state index contributed by atoms with van der Waals surface area (Å²) in [6.45, 7) is 0. The van der Waals surface area contributed by atoms with E-state index in [2.05, 4.69) is 35.3 Å². The molecule has 164 valence electrons. The molecule has 6 nitrogen and oxygen atoms in total. The number of imidazole rings is 1. The second-order valence-electron chi connectivity index (χ2n) is 8.75. The summed E-state index contributed by atoms with van der Waals surface area (Å²) in [6, 6.07) is 28.0. The molecule has 34 heavy (non-hydrogen) atoms. The van der Waals surface area contributed by atoms with Crippen molar-refractivity contribution in [1.82, 2.24) is 19.5 Å². The molecule has 1 aliphatic carbocycles. The van der Waals surface area contributed by atoms with Crippen molar-refractivity contribution in [2.24, 2.45) is 5.73 Å². The number of fused-ring (bicyclic) bond motifs is 1. The molecule has 0 radical (unpaired) electrons.